The van der Waals surface area contributed by atoms with Gasteiger partial charge in [-0.25, -0.2) is 0 Å². The van der Waals surface area contributed by atoms with Crippen molar-refractivity contribution in [1.29, 1.82) is 0 Å². The molecule has 2 rings (SSSR count). The number of ether oxygens (including phenoxy) is 1. The highest BCUT2D eigenvalue weighted by molar-refractivity contribution is 6.01. The molecule has 2 N–H and O–H groups in total. The zero-order valence-electron chi connectivity index (χ0n) is 10.9. The van der Waals surface area contributed by atoms with E-state index in [0.717, 1.165) is 0 Å². The Morgan fingerprint density at radius 2 is 2.05 bits per heavy atom. The number of carbonyl (C=O) groups is 2. The molecule has 0 bridgehead atoms. The van der Waals surface area contributed by atoms with Gasteiger partial charge in [-0.1, -0.05) is 12.1 Å². The van der Waals surface area contributed by atoms with E-state index in [2.05, 4.69) is 0 Å². The molecule has 1 fully saturated rings. The van der Waals surface area contributed by atoms with E-state index in [-0.39, 0.29) is 30.3 Å². The smallest absolute Gasteiger partial charge is 0.422 e. The van der Waals surface area contributed by atoms with E-state index in [1.54, 1.807) is 6.07 Å². The Hall–Kier alpha value is -2.25. The summed E-state index contributed by atoms with van der Waals surface area (Å²) < 4.78 is 41.4. The zero-order chi connectivity index (χ0) is 15.6. The Morgan fingerprint density at radius 1 is 1.38 bits per heavy atom. The molecule has 0 radical (unpaired) electrons. The monoisotopic (exact) mass is 302 g/mol. The second-order valence-electron chi connectivity index (χ2n) is 4.68. The third kappa shape index (κ3) is 3.65. The van der Waals surface area contributed by atoms with Gasteiger partial charge < -0.3 is 15.4 Å². The quantitative estimate of drug-likeness (QED) is 0.915. The van der Waals surface area contributed by atoms with Gasteiger partial charge in [0.2, 0.25) is 11.8 Å². The molecule has 0 saturated carbocycles. The number of hydrogen-bond donors (Lipinski definition) is 1. The van der Waals surface area contributed by atoms with Crippen LogP contribution in [0.25, 0.3) is 0 Å². The van der Waals surface area contributed by atoms with Gasteiger partial charge in [0.25, 0.3) is 0 Å². The van der Waals surface area contributed by atoms with Crippen LogP contribution in [-0.4, -0.2) is 31.1 Å². The van der Waals surface area contributed by atoms with E-state index in [4.69, 9.17) is 10.5 Å². The van der Waals surface area contributed by atoms with Gasteiger partial charge in [-0.2, -0.15) is 13.2 Å². The van der Waals surface area contributed by atoms with Crippen LogP contribution in [0.4, 0.5) is 18.9 Å². The predicted molar refractivity (Wildman–Crippen MR) is 67.6 cm³/mol. The fourth-order valence-corrected chi connectivity index (χ4v) is 2.09. The highest BCUT2D eigenvalue weighted by Crippen LogP contribution is 2.33. The molecule has 21 heavy (non-hydrogen) atoms. The number of halogens is 3. The lowest BCUT2D eigenvalue weighted by Gasteiger charge is -2.20. The van der Waals surface area contributed by atoms with Crippen molar-refractivity contribution in [1.82, 2.24) is 0 Å². The summed E-state index contributed by atoms with van der Waals surface area (Å²) in [6.07, 6.45) is -4.53. The topological polar surface area (TPSA) is 72.6 Å². The molecule has 1 aliphatic heterocycles. The van der Waals surface area contributed by atoms with Crippen LogP contribution in [-0.2, 0) is 9.59 Å². The number of rotatable bonds is 4. The van der Waals surface area contributed by atoms with Gasteiger partial charge in [-0.3, -0.25) is 9.59 Å². The van der Waals surface area contributed by atoms with E-state index in [0.29, 0.717) is 0 Å². The molecular weight excluding hydrogens is 289 g/mol. The number of benzene rings is 1. The molecule has 5 nitrogen and oxygen atoms in total. The highest BCUT2D eigenvalue weighted by atomic mass is 19.4. The molecule has 8 heteroatoms. The Labute approximate surface area is 118 Å². The predicted octanol–water partition coefficient (Wildman–Crippen LogP) is 1.47. The van der Waals surface area contributed by atoms with Crippen LogP contribution >= 0.6 is 0 Å². The lowest BCUT2D eigenvalue weighted by Crippen LogP contribution is -2.29. The summed E-state index contributed by atoms with van der Waals surface area (Å²) in [5, 5.41) is 0. The van der Waals surface area contributed by atoms with Gasteiger partial charge in [-0.15, -0.1) is 0 Å². The number of anilines is 1. The molecule has 1 aromatic carbocycles. The number of carbonyl (C=O) groups excluding carboxylic acids is 2. The van der Waals surface area contributed by atoms with Gasteiger partial charge in [0.15, 0.2) is 6.61 Å². The summed E-state index contributed by atoms with van der Waals surface area (Å²) in [5.41, 5.74) is 5.36. The Balaban J connectivity index is 2.20. The van der Waals surface area contributed by atoms with Crippen molar-refractivity contribution in [2.24, 2.45) is 11.7 Å². The van der Waals surface area contributed by atoms with Gasteiger partial charge in [0.1, 0.15) is 5.75 Å². The first kappa shape index (κ1) is 15.1. The summed E-state index contributed by atoms with van der Waals surface area (Å²) >= 11 is 0. The maximum Gasteiger partial charge on any atom is 0.422 e. The molecule has 2 amide bonds. The Bertz CT molecular complexity index is 560. The lowest BCUT2D eigenvalue weighted by molar-refractivity contribution is -0.153. The maximum absolute atomic E-state index is 12.2. The number of nitrogens with zero attached hydrogens (tertiary/aromatic N) is 1. The first-order chi connectivity index (χ1) is 9.78. The second-order valence-corrected chi connectivity index (χ2v) is 4.68. The number of para-hydroxylation sites is 2. The largest absolute Gasteiger partial charge is 0.482 e. The van der Waals surface area contributed by atoms with Gasteiger partial charge in [-0.05, 0) is 12.1 Å². The molecule has 1 aliphatic rings. The van der Waals surface area contributed by atoms with E-state index < -0.39 is 24.6 Å². The normalized spacial score (nSPS) is 18.9. The summed E-state index contributed by atoms with van der Waals surface area (Å²) in [6, 6.07) is 5.88. The van der Waals surface area contributed by atoms with Crippen molar-refractivity contribution < 1.29 is 27.5 Å². The summed E-state index contributed by atoms with van der Waals surface area (Å²) in [4.78, 5) is 24.2. The molecule has 1 heterocycles. The van der Waals surface area contributed by atoms with Crippen LogP contribution in [0, 0.1) is 5.92 Å². The molecule has 0 aromatic heterocycles. The average molecular weight is 302 g/mol. The van der Waals surface area contributed by atoms with Crippen molar-refractivity contribution in [3.05, 3.63) is 24.3 Å². The molecule has 1 unspecified atom stereocenters. The highest BCUT2D eigenvalue weighted by Gasteiger charge is 2.36. The van der Waals surface area contributed by atoms with E-state index in [1.807, 2.05) is 0 Å². The minimum atomic E-state index is -4.47. The molecule has 1 aromatic rings. The van der Waals surface area contributed by atoms with Crippen molar-refractivity contribution in [2.45, 2.75) is 12.6 Å². The van der Waals surface area contributed by atoms with Crippen molar-refractivity contribution in [3.63, 3.8) is 0 Å². The molecule has 114 valence electrons. The zero-order valence-corrected chi connectivity index (χ0v) is 10.9. The van der Waals surface area contributed by atoms with Crippen molar-refractivity contribution in [3.8, 4) is 5.75 Å². The van der Waals surface area contributed by atoms with Crippen LogP contribution in [0.1, 0.15) is 6.42 Å². The molecular formula is C13H13F3N2O3. The van der Waals surface area contributed by atoms with Gasteiger partial charge >= 0.3 is 6.18 Å². The summed E-state index contributed by atoms with van der Waals surface area (Å²) in [6.45, 7) is -1.41. The van der Waals surface area contributed by atoms with Crippen LogP contribution in [0.3, 0.4) is 0 Å². The fraction of sp³-hybridized carbons (Fsp3) is 0.385. The average Bonchev–Trinajstić information content (AvgIpc) is 2.78. The van der Waals surface area contributed by atoms with Crippen LogP contribution < -0.4 is 15.4 Å². The number of primary amides is 1. The Kier molecular flexibility index (Phi) is 4.06. The lowest BCUT2D eigenvalue weighted by atomic mass is 10.1. The van der Waals surface area contributed by atoms with Crippen molar-refractivity contribution in [2.75, 3.05) is 18.1 Å². The van der Waals surface area contributed by atoms with E-state index in [9.17, 15) is 22.8 Å². The third-order valence-corrected chi connectivity index (χ3v) is 3.07. The second kappa shape index (κ2) is 5.63. The number of amides is 2. The SMILES string of the molecule is NC(=O)C1CC(=O)N(c2ccccc2OCC(F)(F)F)C1. The standard InChI is InChI=1S/C13H13F3N2O3/c14-13(15,16)7-21-10-4-2-1-3-9(10)18-6-8(12(17)20)5-11(18)19/h1-4,8H,5-7H2,(H2,17,20). The van der Waals surface area contributed by atoms with E-state index in [1.165, 1.54) is 23.1 Å². The van der Waals surface area contributed by atoms with Gasteiger partial charge in [0.05, 0.1) is 11.6 Å². The Morgan fingerprint density at radius 3 is 2.62 bits per heavy atom. The molecule has 0 spiro atoms. The first-order valence-corrected chi connectivity index (χ1v) is 6.16. The van der Waals surface area contributed by atoms with Crippen molar-refractivity contribution >= 4 is 17.5 Å². The van der Waals surface area contributed by atoms with Crippen LogP contribution in [0.5, 0.6) is 5.75 Å². The minimum Gasteiger partial charge on any atom is -0.482 e. The van der Waals surface area contributed by atoms with Gasteiger partial charge in [0, 0.05) is 13.0 Å². The molecule has 1 atom stereocenters. The first-order valence-electron chi connectivity index (χ1n) is 6.16. The summed E-state index contributed by atoms with van der Waals surface area (Å²) in [5.74, 6) is -1.69. The molecule has 1 saturated heterocycles. The number of nitrogens with two attached hydrogens (primary N) is 1. The van der Waals surface area contributed by atoms with Crippen LogP contribution in [0.2, 0.25) is 0 Å². The minimum absolute atomic E-state index is 0.0422. The molecule has 0 aliphatic carbocycles. The fourth-order valence-electron chi connectivity index (χ4n) is 2.09. The number of hydrogen-bond acceptors (Lipinski definition) is 3. The third-order valence-electron chi connectivity index (χ3n) is 3.07. The van der Waals surface area contributed by atoms with Crippen LogP contribution in [0.15, 0.2) is 24.3 Å². The number of alkyl halides is 3. The van der Waals surface area contributed by atoms with E-state index >= 15 is 0 Å². The summed E-state index contributed by atoms with van der Waals surface area (Å²) in [7, 11) is 0. The maximum atomic E-state index is 12.2.